The third-order valence-electron chi connectivity index (χ3n) is 5.53. The van der Waals surface area contributed by atoms with E-state index in [1.807, 2.05) is 41.8 Å². The first-order chi connectivity index (χ1) is 14.6. The molecule has 3 aromatic rings. The molecule has 1 atom stereocenters. The number of aryl methyl sites for hydroxylation is 2. The van der Waals surface area contributed by atoms with Gasteiger partial charge in [0.15, 0.2) is 5.13 Å². The third kappa shape index (κ3) is 4.00. The zero-order valence-corrected chi connectivity index (χ0v) is 18.0. The van der Waals surface area contributed by atoms with E-state index >= 15 is 0 Å². The summed E-state index contributed by atoms with van der Waals surface area (Å²) >= 11 is 1.40. The molecule has 2 aromatic carbocycles. The average molecular weight is 420 g/mol. The maximum atomic E-state index is 12.9. The van der Waals surface area contributed by atoms with Gasteiger partial charge in [-0.15, -0.1) is 11.3 Å². The van der Waals surface area contributed by atoms with Crippen LogP contribution in [0, 0.1) is 5.92 Å². The van der Waals surface area contributed by atoms with Crippen molar-refractivity contribution >= 4 is 34.0 Å². The summed E-state index contributed by atoms with van der Waals surface area (Å²) in [6.45, 7) is 4.59. The van der Waals surface area contributed by atoms with E-state index in [4.69, 9.17) is 0 Å². The van der Waals surface area contributed by atoms with Crippen molar-refractivity contribution < 1.29 is 9.59 Å². The molecular weight excluding hydrogens is 394 g/mol. The molecule has 2 heterocycles. The Morgan fingerprint density at radius 2 is 1.80 bits per heavy atom. The summed E-state index contributed by atoms with van der Waals surface area (Å²) < 4.78 is 0. The van der Waals surface area contributed by atoms with E-state index in [-0.39, 0.29) is 24.2 Å². The van der Waals surface area contributed by atoms with Gasteiger partial charge >= 0.3 is 0 Å². The molecule has 0 saturated carbocycles. The largest absolute Gasteiger partial charge is 0.311 e. The van der Waals surface area contributed by atoms with Crippen LogP contribution in [-0.4, -0.2) is 23.3 Å². The maximum absolute atomic E-state index is 12.9. The fraction of sp³-hybridized carbons (Fsp3) is 0.292. The number of hydrogen-bond acceptors (Lipinski definition) is 4. The lowest BCUT2D eigenvalue weighted by Crippen LogP contribution is -2.29. The molecule has 4 rings (SSSR count). The van der Waals surface area contributed by atoms with Crippen LogP contribution in [0.4, 0.5) is 10.8 Å². The number of thiazole rings is 1. The lowest BCUT2D eigenvalue weighted by atomic mass is 10.0. The number of para-hydroxylation sites is 1. The second kappa shape index (κ2) is 8.79. The van der Waals surface area contributed by atoms with Crippen LogP contribution in [0.2, 0.25) is 0 Å². The molecule has 6 heteroatoms. The number of anilines is 2. The molecule has 154 valence electrons. The Balaban J connectivity index is 1.49. The number of nitrogens with one attached hydrogen (secondary N) is 1. The smallest absolute Gasteiger partial charge is 0.231 e. The first-order valence-electron chi connectivity index (χ1n) is 10.3. The predicted octanol–water partition coefficient (Wildman–Crippen LogP) is 4.93. The normalized spacial score (nSPS) is 16.1. The van der Waals surface area contributed by atoms with Crippen LogP contribution in [0.15, 0.2) is 53.9 Å². The number of rotatable bonds is 6. The van der Waals surface area contributed by atoms with Gasteiger partial charge in [0.25, 0.3) is 0 Å². The summed E-state index contributed by atoms with van der Waals surface area (Å²) in [6, 6.07) is 16.0. The van der Waals surface area contributed by atoms with Crippen LogP contribution in [0.3, 0.4) is 0 Å². The molecule has 1 aromatic heterocycles. The molecule has 1 fully saturated rings. The Labute approximate surface area is 180 Å². The van der Waals surface area contributed by atoms with Crippen molar-refractivity contribution in [1.82, 2.24) is 4.98 Å². The molecule has 5 nitrogen and oxygen atoms in total. The van der Waals surface area contributed by atoms with Gasteiger partial charge in [-0.1, -0.05) is 62.4 Å². The van der Waals surface area contributed by atoms with Gasteiger partial charge in [0.1, 0.15) is 0 Å². The van der Waals surface area contributed by atoms with Gasteiger partial charge in [-0.2, -0.15) is 0 Å². The fourth-order valence-corrected chi connectivity index (χ4v) is 4.66. The van der Waals surface area contributed by atoms with E-state index in [1.54, 1.807) is 4.90 Å². The Morgan fingerprint density at radius 1 is 1.10 bits per heavy atom. The molecule has 2 amide bonds. The summed E-state index contributed by atoms with van der Waals surface area (Å²) in [5.74, 6) is -0.516. The van der Waals surface area contributed by atoms with E-state index in [2.05, 4.69) is 36.3 Å². The molecule has 0 spiro atoms. The molecule has 1 unspecified atom stereocenters. The van der Waals surface area contributed by atoms with E-state index < -0.39 is 0 Å². The minimum absolute atomic E-state index is 0.00913. The highest BCUT2D eigenvalue weighted by atomic mass is 32.1. The standard InChI is InChI=1S/C24H25N3O2S/c1-3-16-11-8-12-17(4-2)22(16)27-14-19(13-21(27)28)23(29)26-24-25-20(15-30-24)18-9-6-5-7-10-18/h5-12,15,19H,3-4,13-14H2,1-2H3,(H,25,26,29). The maximum Gasteiger partial charge on any atom is 0.231 e. The Morgan fingerprint density at radius 3 is 2.47 bits per heavy atom. The summed E-state index contributed by atoms with van der Waals surface area (Å²) in [5, 5.41) is 5.41. The Hall–Kier alpha value is -2.99. The summed E-state index contributed by atoms with van der Waals surface area (Å²) in [7, 11) is 0. The van der Waals surface area contributed by atoms with E-state index in [0.29, 0.717) is 11.7 Å². The van der Waals surface area contributed by atoms with E-state index in [9.17, 15) is 9.59 Å². The quantitative estimate of drug-likeness (QED) is 0.616. The first-order valence-corrected chi connectivity index (χ1v) is 11.2. The molecule has 1 aliphatic rings. The van der Waals surface area contributed by atoms with Gasteiger partial charge in [-0.25, -0.2) is 4.98 Å². The summed E-state index contributed by atoms with van der Waals surface area (Å²) in [6.07, 6.45) is 1.93. The van der Waals surface area contributed by atoms with Gasteiger partial charge in [0.05, 0.1) is 11.6 Å². The van der Waals surface area contributed by atoms with E-state index in [0.717, 1.165) is 40.9 Å². The van der Waals surface area contributed by atoms with Crippen molar-refractivity contribution in [2.24, 2.45) is 5.92 Å². The van der Waals surface area contributed by atoms with Crippen molar-refractivity contribution in [2.75, 3.05) is 16.8 Å². The van der Waals surface area contributed by atoms with Crippen molar-refractivity contribution in [2.45, 2.75) is 33.1 Å². The highest BCUT2D eigenvalue weighted by molar-refractivity contribution is 7.14. The number of amides is 2. The second-order valence-corrected chi connectivity index (χ2v) is 8.29. The SMILES string of the molecule is CCc1cccc(CC)c1N1CC(C(=O)Nc2nc(-c3ccccc3)cs2)CC1=O. The molecule has 0 aliphatic carbocycles. The molecule has 1 saturated heterocycles. The van der Waals surface area contributed by atoms with Gasteiger partial charge < -0.3 is 10.2 Å². The monoisotopic (exact) mass is 419 g/mol. The Kier molecular flexibility index (Phi) is 5.95. The molecule has 1 aliphatic heterocycles. The predicted molar refractivity (Wildman–Crippen MR) is 122 cm³/mol. The molecular formula is C24H25N3O2S. The summed E-state index contributed by atoms with van der Waals surface area (Å²) in [5.41, 5.74) is 5.14. The molecule has 1 N–H and O–H groups in total. The van der Waals surface area contributed by atoms with Gasteiger partial charge in [0.2, 0.25) is 11.8 Å². The molecule has 0 radical (unpaired) electrons. The van der Waals surface area contributed by atoms with Crippen LogP contribution >= 0.6 is 11.3 Å². The first kappa shape index (κ1) is 20.3. The second-order valence-electron chi connectivity index (χ2n) is 7.43. The number of nitrogens with zero attached hydrogens (tertiary/aromatic N) is 2. The highest BCUT2D eigenvalue weighted by Gasteiger charge is 2.36. The minimum Gasteiger partial charge on any atom is -0.311 e. The number of benzene rings is 2. The number of hydrogen-bond donors (Lipinski definition) is 1. The lowest BCUT2D eigenvalue weighted by molar-refractivity contribution is -0.122. The molecule has 0 bridgehead atoms. The molecule has 30 heavy (non-hydrogen) atoms. The fourth-order valence-electron chi connectivity index (χ4n) is 3.94. The Bertz CT molecular complexity index is 1040. The van der Waals surface area contributed by atoms with Crippen LogP contribution in [0.5, 0.6) is 0 Å². The summed E-state index contributed by atoms with van der Waals surface area (Å²) in [4.78, 5) is 32.0. The van der Waals surface area contributed by atoms with Gasteiger partial charge in [0, 0.05) is 29.6 Å². The van der Waals surface area contributed by atoms with Gasteiger partial charge in [-0.3, -0.25) is 9.59 Å². The van der Waals surface area contributed by atoms with Crippen molar-refractivity contribution in [1.29, 1.82) is 0 Å². The van der Waals surface area contributed by atoms with Crippen molar-refractivity contribution in [3.8, 4) is 11.3 Å². The van der Waals surface area contributed by atoms with Crippen LogP contribution in [0.25, 0.3) is 11.3 Å². The highest BCUT2D eigenvalue weighted by Crippen LogP contribution is 2.33. The van der Waals surface area contributed by atoms with Crippen molar-refractivity contribution in [3.63, 3.8) is 0 Å². The topological polar surface area (TPSA) is 62.3 Å². The van der Waals surface area contributed by atoms with Crippen LogP contribution < -0.4 is 10.2 Å². The van der Waals surface area contributed by atoms with Crippen LogP contribution in [-0.2, 0) is 22.4 Å². The van der Waals surface area contributed by atoms with Crippen molar-refractivity contribution in [3.05, 3.63) is 65.0 Å². The van der Waals surface area contributed by atoms with Gasteiger partial charge in [-0.05, 0) is 24.0 Å². The van der Waals surface area contributed by atoms with E-state index in [1.165, 1.54) is 11.3 Å². The minimum atomic E-state index is -0.379. The number of carbonyl (C=O) groups is 2. The average Bonchev–Trinajstić information content (AvgIpc) is 3.40. The number of carbonyl (C=O) groups excluding carboxylic acids is 2. The number of aromatic nitrogens is 1. The zero-order chi connectivity index (χ0) is 21.1. The zero-order valence-electron chi connectivity index (χ0n) is 17.2. The third-order valence-corrected chi connectivity index (χ3v) is 6.29. The lowest BCUT2D eigenvalue weighted by Gasteiger charge is -2.23. The van der Waals surface area contributed by atoms with Crippen LogP contribution in [0.1, 0.15) is 31.4 Å².